The van der Waals surface area contributed by atoms with Gasteiger partial charge in [-0.05, 0) is 71.3 Å². The molecule has 5 nitrogen and oxygen atoms in total. The number of aromatic nitrogens is 2. The van der Waals surface area contributed by atoms with Crippen molar-refractivity contribution in [2.45, 2.75) is 38.6 Å². The number of hydrogen-bond acceptors (Lipinski definition) is 4. The molecule has 0 radical (unpaired) electrons. The Morgan fingerprint density at radius 1 is 1.15 bits per heavy atom. The molecule has 138 valence electrons. The van der Waals surface area contributed by atoms with Crippen molar-refractivity contribution in [1.82, 2.24) is 15.5 Å². The van der Waals surface area contributed by atoms with Crippen LogP contribution in [0.25, 0.3) is 0 Å². The molecule has 1 aromatic carbocycles. The van der Waals surface area contributed by atoms with Crippen LogP contribution >= 0.6 is 11.3 Å². The van der Waals surface area contributed by atoms with Crippen LogP contribution in [0.5, 0.6) is 0 Å². The molecule has 2 aromatic heterocycles. The number of carbonyl (C=O) groups excluding carboxylic acids is 1. The first kappa shape index (κ1) is 17.7. The van der Waals surface area contributed by atoms with Gasteiger partial charge < -0.3 is 5.32 Å². The lowest BCUT2D eigenvalue weighted by molar-refractivity contribution is 0.0951. The molecule has 0 saturated carbocycles. The predicted octanol–water partition coefficient (Wildman–Crippen LogP) is 3.23. The molecular formula is C21H21N3O2S. The standard InChI is InChI=1S/C21H21N3O2S/c25-20(22-12-15-8-9-27-13-15)16-5-3-4-14(10-16)11-19-17-6-1-2-7-18(17)21(26)24-23-19/h3-5,8-10,13H,1-2,6-7,11-12H2,(H,22,25)(H,24,26). The highest BCUT2D eigenvalue weighted by Crippen LogP contribution is 2.22. The number of thiophene rings is 1. The van der Waals surface area contributed by atoms with E-state index in [1.807, 2.05) is 41.1 Å². The smallest absolute Gasteiger partial charge is 0.267 e. The quantitative estimate of drug-likeness (QED) is 0.715. The molecule has 0 saturated heterocycles. The third-order valence-corrected chi connectivity index (χ3v) is 5.71. The summed E-state index contributed by atoms with van der Waals surface area (Å²) in [5.74, 6) is -0.0838. The molecule has 0 aliphatic heterocycles. The summed E-state index contributed by atoms with van der Waals surface area (Å²) < 4.78 is 0. The van der Waals surface area contributed by atoms with Gasteiger partial charge in [0.15, 0.2) is 0 Å². The second kappa shape index (κ2) is 7.88. The van der Waals surface area contributed by atoms with E-state index < -0.39 is 0 Å². The van der Waals surface area contributed by atoms with Crippen molar-refractivity contribution < 1.29 is 4.79 Å². The Balaban J connectivity index is 1.51. The molecule has 1 aliphatic carbocycles. The summed E-state index contributed by atoms with van der Waals surface area (Å²) in [7, 11) is 0. The maximum Gasteiger partial charge on any atom is 0.267 e. The van der Waals surface area contributed by atoms with E-state index in [4.69, 9.17) is 0 Å². The molecule has 2 heterocycles. The summed E-state index contributed by atoms with van der Waals surface area (Å²) in [6.07, 6.45) is 4.49. The zero-order valence-corrected chi connectivity index (χ0v) is 15.8. The van der Waals surface area contributed by atoms with Gasteiger partial charge in [-0.3, -0.25) is 9.59 Å². The van der Waals surface area contributed by atoms with E-state index in [-0.39, 0.29) is 11.5 Å². The molecular weight excluding hydrogens is 358 g/mol. The first-order chi connectivity index (χ1) is 13.2. The molecule has 27 heavy (non-hydrogen) atoms. The van der Waals surface area contributed by atoms with Crippen molar-refractivity contribution in [2.75, 3.05) is 0 Å². The summed E-state index contributed by atoms with van der Waals surface area (Å²) in [6.45, 7) is 0.529. The van der Waals surface area contributed by atoms with E-state index in [0.717, 1.165) is 53.6 Å². The Bertz CT molecular complexity index is 1010. The van der Waals surface area contributed by atoms with Crippen LogP contribution in [0.3, 0.4) is 0 Å². The van der Waals surface area contributed by atoms with Gasteiger partial charge in [-0.15, -0.1) is 0 Å². The minimum absolute atomic E-state index is 0.0602. The molecule has 0 spiro atoms. The summed E-state index contributed by atoms with van der Waals surface area (Å²) in [5, 5.41) is 13.9. The number of benzene rings is 1. The first-order valence-corrected chi connectivity index (χ1v) is 10.1. The van der Waals surface area contributed by atoms with Crippen LogP contribution in [0.1, 0.15) is 51.1 Å². The van der Waals surface area contributed by atoms with Crippen molar-refractivity contribution >= 4 is 17.2 Å². The third kappa shape index (κ3) is 4.01. The summed E-state index contributed by atoms with van der Waals surface area (Å²) in [5.41, 5.74) is 5.60. The number of aromatic amines is 1. The minimum Gasteiger partial charge on any atom is -0.348 e. The topological polar surface area (TPSA) is 74.8 Å². The Morgan fingerprint density at radius 2 is 2.00 bits per heavy atom. The molecule has 1 aliphatic rings. The molecule has 0 atom stereocenters. The van der Waals surface area contributed by atoms with Crippen LogP contribution < -0.4 is 10.9 Å². The zero-order chi connectivity index (χ0) is 18.6. The molecule has 6 heteroatoms. The zero-order valence-electron chi connectivity index (χ0n) is 15.0. The fraction of sp³-hybridized carbons (Fsp3) is 0.286. The number of nitrogens with one attached hydrogen (secondary N) is 2. The van der Waals surface area contributed by atoms with Crippen LogP contribution in [0.15, 0.2) is 45.9 Å². The van der Waals surface area contributed by atoms with Crippen LogP contribution in [0.2, 0.25) is 0 Å². The Labute approximate surface area is 161 Å². The van der Waals surface area contributed by atoms with Crippen LogP contribution in [-0.2, 0) is 25.8 Å². The lowest BCUT2D eigenvalue weighted by Crippen LogP contribution is -2.23. The third-order valence-electron chi connectivity index (χ3n) is 4.98. The number of H-pyrrole nitrogens is 1. The normalized spacial score (nSPS) is 13.2. The number of nitrogens with zero attached hydrogens (tertiary/aromatic N) is 1. The number of rotatable bonds is 5. The van der Waals surface area contributed by atoms with Crippen molar-refractivity contribution in [3.8, 4) is 0 Å². The second-order valence-corrected chi connectivity index (χ2v) is 7.64. The van der Waals surface area contributed by atoms with Crippen molar-refractivity contribution in [3.63, 3.8) is 0 Å². The van der Waals surface area contributed by atoms with Gasteiger partial charge in [-0.1, -0.05) is 12.1 Å². The van der Waals surface area contributed by atoms with Gasteiger partial charge in [0.05, 0.1) is 5.69 Å². The van der Waals surface area contributed by atoms with Crippen molar-refractivity contribution in [1.29, 1.82) is 0 Å². The molecule has 2 N–H and O–H groups in total. The highest BCUT2D eigenvalue weighted by atomic mass is 32.1. The number of hydrogen-bond donors (Lipinski definition) is 2. The molecule has 0 bridgehead atoms. The minimum atomic E-state index is -0.0838. The lowest BCUT2D eigenvalue weighted by Gasteiger charge is -2.17. The number of amides is 1. The van der Waals surface area contributed by atoms with E-state index in [0.29, 0.717) is 18.5 Å². The molecule has 3 aromatic rings. The maximum absolute atomic E-state index is 12.5. The van der Waals surface area contributed by atoms with Crippen LogP contribution in [-0.4, -0.2) is 16.1 Å². The largest absolute Gasteiger partial charge is 0.348 e. The van der Waals surface area contributed by atoms with Crippen molar-refractivity contribution in [3.05, 3.63) is 85.0 Å². The fourth-order valence-electron chi connectivity index (χ4n) is 3.57. The highest BCUT2D eigenvalue weighted by molar-refractivity contribution is 7.07. The van der Waals surface area contributed by atoms with Gasteiger partial charge in [-0.25, -0.2) is 5.10 Å². The number of fused-ring (bicyclic) bond motifs is 1. The fourth-order valence-corrected chi connectivity index (χ4v) is 4.24. The van der Waals surface area contributed by atoms with E-state index in [9.17, 15) is 9.59 Å². The first-order valence-electron chi connectivity index (χ1n) is 9.18. The summed E-state index contributed by atoms with van der Waals surface area (Å²) in [6, 6.07) is 9.63. The average molecular weight is 379 g/mol. The molecule has 0 unspecified atom stereocenters. The van der Waals surface area contributed by atoms with E-state index in [1.54, 1.807) is 11.3 Å². The van der Waals surface area contributed by atoms with Crippen LogP contribution in [0.4, 0.5) is 0 Å². The molecule has 0 fully saturated rings. The van der Waals surface area contributed by atoms with Gasteiger partial charge in [0.25, 0.3) is 11.5 Å². The van der Waals surface area contributed by atoms with Gasteiger partial charge in [0.1, 0.15) is 0 Å². The average Bonchev–Trinajstić information content (AvgIpc) is 3.22. The van der Waals surface area contributed by atoms with Crippen molar-refractivity contribution in [2.24, 2.45) is 0 Å². The Morgan fingerprint density at radius 3 is 2.81 bits per heavy atom. The van der Waals surface area contributed by atoms with E-state index in [2.05, 4.69) is 15.5 Å². The van der Waals surface area contributed by atoms with Gasteiger partial charge in [-0.2, -0.15) is 16.4 Å². The maximum atomic E-state index is 12.5. The SMILES string of the molecule is O=C(NCc1ccsc1)c1cccc(Cc2n[nH]c(=O)c3c2CCCC3)c1. The highest BCUT2D eigenvalue weighted by Gasteiger charge is 2.18. The van der Waals surface area contributed by atoms with E-state index in [1.165, 1.54) is 0 Å². The monoisotopic (exact) mass is 379 g/mol. The predicted molar refractivity (Wildman–Crippen MR) is 106 cm³/mol. The van der Waals surface area contributed by atoms with E-state index >= 15 is 0 Å². The summed E-state index contributed by atoms with van der Waals surface area (Å²) in [4.78, 5) is 24.5. The van der Waals surface area contributed by atoms with Gasteiger partial charge in [0.2, 0.25) is 0 Å². The molecule has 1 amide bonds. The van der Waals surface area contributed by atoms with Gasteiger partial charge >= 0.3 is 0 Å². The van der Waals surface area contributed by atoms with Gasteiger partial charge in [0, 0.05) is 24.1 Å². The molecule has 4 rings (SSSR count). The second-order valence-electron chi connectivity index (χ2n) is 6.86. The Hall–Kier alpha value is -2.73. The van der Waals surface area contributed by atoms with Crippen LogP contribution in [0, 0.1) is 0 Å². The Kier molecular flexibility index (Phi) is 5.16. The number of carbonyl (C=O) groups is 1. The summed E-state index contributed by atoms with van der Waals surface area (Å²) >= 11 is 1.62. The lowest BCUT2D eigenvalue weighted by atomic mass is 9.90.